The van der Waals surface area contributed by atoms with Crippen molar-refractivity contribution in [1.29, 1.82) is 0 Å². The van der Waals surface area contributed by atoms with Gasteiger partial charge in [0.15, 0.2) is 0 Å². The lowest BCUT2D eigenvalue weighted by atomic mass is 10.0. The molecular weight excluding hydrogens is 431 g/mol. The number of hydrogen-bond donors (Lipinski definition) is 2. The Labute approximate surface area is 186 Å². The molecule has 0 bridgehead atoms. The van der Waals surface area contributed by atoms with Crippen LogP contribution in [0.5, 0.6) is 0 Å². The number of nitrogens with two attached hydrogens (primary N) is 1. The van der Waals surface area contributed by atoms with E-state index >= 15 is 0 Å². The Hall–Kier alpha value is -2.78. The number of sulfonamides is 1. The van der Waals surface area contributed by atoms with E-state index in [4.69, 9.17) is 5.73 Å². The number of halogens is 1. The molecule has 0 aliphatic heterocycles. The van der Waals surface area contributed by atoms with Crippen LogP contribution in [0.2, 0.25) is 0 Å². The summed E-state index contributed by atoms with van der Waals surface area (Å²) in [6.07, 6.45) is 4.13. The molecule has 32 heavy (non-hydrogen) atoms. The summed E-state index contributed by atoms with van der Waals surface area (Å²) in [5.41, 5.74) is 6.76. The highest BCUT2D eigenvalue weighted by molar-refractivity contribution is 7.89. The van der Waals surface area contributed by atoms with Gasteiger partial charge < -0.3 is 5.73 Å². The largest absolute Gasteiger partial charge is 0.399 e. The molecule has 1 aliphatic rings. The Morgan fingerprint density at radius 2 is 1.84 bits per heavy atom. The number of carbonyl (C=O) groups is 1. The number of fused-ring (bicyclic) bond motifs is 1. The summed E-state index contributed by atoms with van der Waals surface area (Å²) in [5, 5.41) is 5.25. The van der Waals surface area contributed by atoms with Crippen LogP contribution in [0.15, 0.2) is 41.3 Å². The smallest absolute Gasteiger partial charge is 0.243 e. The van der Waals surface area contributed by atoms with Crippen LogP contribution in [0, 0.1) is 5.82 Å². The minimum atomic E-state index is -4.16. The number of nitrogen functional groups attached to an aromatic ring is 1. The lowest BCUT2D eigenvalue weighted by molar-refractivity contribution is 0.103. The van der Waals surface area contributed by atoms with Gasteiger partial charge in [-0.25, -0.2) is 17.5 Å². The Morgan fingerprint density at radius 1 is 1.16 bits per heavy atom. The van der Waals surface area contributed by atoms with Crippen LogP contribution >= 0.6 is 0 Å². The molecule has 3 N–H and O–H groups in total. The molecule has 170 valence electrons. The van der Waals surface area contributed by atoms with Crippen LogP contribution < -0.4 is 10.5 Å². The van der Waals surface area contributed by atoms with E-state index in [1.54, 1.807) is 39.0 Å². The van der Waals surface area contributed by atoms with Gasteiger partial charge in [0, 0.05) is 22.2 Å². The van der Waals surface area contributed by atoms with E-state index in [1.807, 2.05) is 4.68 Å². The van der Waals surface area contributed by atoms with Gasteiger partial charge in [-0.3, -0.25) is 9.48 Å². The zero-order chi connectivity index (χ0) is 23.3. The number of benzene rings is 2. The SMILES string of the molecule is CC(C)(C)NS(=O)(=O)c1cc(C(=O)c2nn(C3CCCC3)c3cc(N)ccc23)ccc1F. The zero-order valence-electron chi connectivity index (χ0n) is 18.4. The van der Waals surface area contributed by atoms with Crippen LogP contribution in [0.1, 0.15) is 68.5 Å². The maximum Gasteiger partial charge on any atom is 0.243 e. The van der Waals surface area contributed by atoms with Gasteiger partial charge in [0.1, 0.15) is 16.4 Å². The molecule has 1 aromatic heterocycles. The molecule has 3 aromatic rings. The average molecular weight is 459 g/mol. The van der Waals surface area contributed by atoms with Gasteiger partial charge in [-0.05, 0) is 70.0 Å². The molecule has 1 aliphatic carbocycles. The first-order valence-electron chi connectivity index (χ1n) is 10.6. The Bertz CT molecular complexity index is 1300. The van der Waals surface area contributed by atoms with Gasteiger partial charge in [-0.1, -0.05) is 12.8 Å². The van der Waals surface area contributed by atoms with E-state index in [0.29, 0.717) is 11.1 Å². The minimum absolute atomic E-state index is 0.0514. The second-order valence-electron chi connectivity index (χ2n) is 9.34. The third-order valence-electron chi connectivity index (χ3n) is 5.54. The van der Waals surface area contributed by atoms with Gasteiger partial charge >= 0.3 is 0 Å². The van der Waals surface area contributed by atoms with Crippen molar-refractivity contribution in [3.8, 4) is 0 Å². The number of rotatable bonds is 5. The molecule has 0 radical (unpaired) electrons. The van der Waals surface area contributed by atoms with Gasteiger partial charge in [0.2, 0.25) is 15.8 Å². The highest BCUT2D eigenvalue weighted by atomic mass is 32.2. The standard InChI is InChI=1S/C23H27FN4O3S/c1-23(2,3)27-32(30,31)20-12-14(8-11-18(20)24)22(29)21-17-10-9-15(25)13-19(17)28(26-21)16-6-4-5-7-16/h8-13,16,27H,4-7,25H2,1-3H3. The first kappa shape index (κ1) is 22.4. The van der Waals surface area contributed by atoms with Gasteiger partial charge in [-0.2, -0.15) is 5.10 Å². The Kier molecular flexibility index (Phi) is 5.58. The molecule has 1 saturated carbocycles. The minimum Gasteiger partial charge on any atom is -0.399 e. The van der Waals surface area contributed by atoms with Crippen LogP contribution in [-0.2, 0) is 10.0 Å². The fourth-order valence-electron chi connectivity index (χ4n) is 4.19. The lowest BCUT2D eigenvalue weighted by Gasteiger charge is -2.20. The summed E-state index contributed by atoms with van der Waals surface area (Å²) in [5.74, 6) is -1.39. The quantitative estimate of drug-likeness (QED) is 0.441. The first-order valence-corrected chi connectivity index (χ1v) is 12.1. The highest BCUT2D eigenvalue weighted by Gasteiger charge is 2.28. The summed E-state index contributed by atoms with van der Waals surface area (Å²) in [6, 6.07) is 8.78. The van der Waals surface area contributed by atoms with E-state index in [1.165, 1.54) is 6.07 Å². The van der Waals surface area contributed by atoms with Crippen LogP contribution in [0.4, 0.5) is 10.1 Å². The molecular formula is C23H27FN4O3S. The normalized spacial score (nSPS) is 15.5. The molecule has 4 rings (SSSR count). The number of nitrogens with one attached hydrogen (secondary N) is 1. The van der Waals surface area contributed by atoms with Crippen LogP contribution in [0.3, 0.4) is 0 Å². The van der Waals surface area contributed by atoms with E-state index in [0.717, 1.165) is 43.3 Å². The van der Waals surface area contributed by atoms with E-state index in [9.17, 15) is 17.6 Å². The van der Waals surface area contributed by atoms with Crippen molar-refractivity contribution in [1.82, 2.24) is 14.5 Å². The molecule has 0 amide bonds. The predicted molar refractivity (Wildman–Crippen MR) is 122 cm³/mol. The van der Waals surface area contributed by atoms with Crippen LogP contribution in [0.25, 0.3) is 10.9 Å². The third-order valence-corrected chi connectivity index (χ3v) is 7.31. The summed E-state index contributed by atoms with van der Waals surface area (Å²) in [7, 11) is -4.16. The number of anilines is 1. The van der Waals surface area contributed by atoms with E-state index < -0.39 is 32.1 Å². The monoisotopic (exact) mass is 458 g/mol. The summed E-state index contributed by atoms with van der Waals surface area (Å²) in [6.45, 7) is 4.97. The molecule has 0 atom stereocenters. The second-order valence-corrected chi connectivity index (χ2v) is 11.0. The Morgan fingerprint density at radius 3 is 2.50 bits per heavy atom. The fourth-order valence-corrected chi connectivity index (χ4v) is 5.72. The fraction of sp³-hybridized carbons (Fsp3) is 0.391. The average Bonchev–Trinajstić information content (AvgIpc) is 3.33. The zero-order valence-corrected chi connectivity index (χ0v) is 19.2. The summed E-state index contributed by atoms with van der Waals surface area (Å²) < 4.78 is 44.2. The maximum atomic E-state index is 14.4. The van der Waals surface area contributed by atoms with Gasteiger partial charge in [0.25, 0.3) is 0 Å². The molecule has 2 aromatic carbocycles. The van der Waals surface area contributed by atoms with Crippen molar-refractivity contribution < 1.29 is 17.6 Å². The first-order chi connectivity index (χ1) is 15.0. The van der Waals surface area contributed by atoms with Crippen molar-refractivity contribution in [3.05, 3.63) is 53.5 Å². The number of carbonyl (C=O) groups excluding carboxylic acids is 1. The molecule has 1 fully saturated rings. The third kappa shape index (κ3) is 4.27. The van der Waals surface area contributed by atoms with Crippen molar-refractivity contribution in [2.45, 2.75) is 62.9 Å². The summed E-state index contributed by atoms with van der Waals surface area (Å²) in [4.78, 5) is 12.8. The van der Waals surface area contributed by atoms with Crippen molar-refractivity contribution >= 4 is 32.4 Å². The van der Waals surface area contributed by atoms with Gasteiger partial charge in [-0.15, -0.1) is 0 Å². The number of aromatic nitrogens is 2. The van der Waals surface area contributed by atoms with E-state index in [-0.39, 0.29) is 17.3 Å². The molecule has 0 saturated heterocycles. The molecule has 9 heteroatoms. The topological polar surface area (TPSA) is 107 Å². The lowest BCUT2D eigenvalue weighted by Crippen LogP contribution is -2.40. The highest BCUT2D eigenvalue weighted by Crippen LogP contribution is 2.34. The second kappa shape index (κ2) is 7.97. The summed E-state index contributed by atoms with van der Waals surface area (Å²) >= 11 is 0. The Balaban J connectivity index is 1.80. The molecule has 0 unspecified atom stereocenters. The number of nitrogens with zero attached hydrogens (tertiary/aromatic N) is 2. The van der Waals surface area contributed by atoms with Gasteiger partial charge in [0.05, 0.1) is 11.6 Å². The molecule has 1 heterocycles. The molecule has 7 nitrogen and oxygen atoms in total. The van der Waals surface area contributed by atoms with Crippen molar-refractivity contribution in [2.24, 2.45) is 0 Å². The van der Waals surface area contributed by atoms with E-state index in [2.05, 4.69) is 9.82 Å². The maximum absolute atomic E-state index is 14.4. The van der Waals surface area contributed by atoms with Crippen molar-refractivity contribution in [3.63, 3.8) is 0 Å². The predicted octanol–water partition coefficient (Wildman–Crippen LogP) is 4.18. The number of ketones is 1. The molecule has 0 spiro atoms. The number of hydrogen-bond acceptors (Lipinski definition) is 5. The van der Waals surface area contributed by atoms with Crippen molar-refractivity contribution in [2.75, 3.05) is 5.73 Å². The van der Waals surface area contributed by atoms with Crippen LogP contribution in [-0.4, -0.2) is 29.5 Å².